The quantitative estimate of drug-likeness (QED) is 0.889. The summed E-state index contributed by atoms with van der Waals surface area (Å²) in [4.78, 5) is 0. The molecule has 0 saturated heterocycles. The number of nitrogens with one attached hydrogen (secondary N) is 1. The molecule has 3 nitrogen and oxygen atoms in total. The Hall–Kier alpha value is -1.04. The van der Waals surface area contributed by atoms with Gasteiger partial charge in [-0.3, -0.25) is 4.68 Å². The fourth-order valence-corrected chi connectivity index (χ4v) is 2.36. The van der Waals surface area contributed by atoms with Crippen molar-refractivity contribution in [1.29, 1.82) is 0 Å². The molecule has 0 aliphatic heterocycles. The fourth-order valence-electron chi connectivity index (χ4n) is 2.36. The summed E-state index contributed by atoms with van der Waals surface area (Å²) in [5.74, 6) is 0. The largest absolute Gasteiger partial charge is 0.419 e. The Morgan fingerprint density at radius 3 is 2.82 bits per heavy atom. The van der Waals surface area contributed by atoms with E-state index in [-0.39, 0.29) is 6.04 Å². The third-order valence-corrected chi connectivity index (χ3v) is 3.20. The van der Waals surface area contributed by atoms with Crippen LogP contribution in [0.1, 0.15) is 37.8 Å². The molecule has 0 spiro atoms. The van der Waals surface area contributed by atoms with Gasteiger partial charge in [-0.05, 0) is 25.8 Å². The maximum Gasteiger partial charge on any atom is 0.419 e. The molecule has 2 atom stereocenters. The van der Waals surface area contributed by atoms with Crippen LogP contribution in [-0.4, -0.2) is 22.4 Å². The summed E-state index contributed by atoms with van der Waals surface area (Å²) < 4.78 is 38.7. The van der Waals surface area contributed by atoms with Crippen LogP contribution in [0.2, 0.25) is 0 Å². The van der Waals surface area contributed by atoms with Gasteiger partial charge >= 0.3 is 6.18 Å². The average Bonchev–Trinajstić information content (AvgIpc) is 2.82. The van der Waals surface area contributed by atoms with E-state index in [0.717, 1.165) is 38.2 Å². The van der Waals surface area contributed by atoms with Gasteiger partial charge in [0.1, 0.15) is 0 Å². The van der Waals surface area contributed by atoms with Gasteiger partial charge in [0.2, 0.25) is 0 Å². The van der Waals surface area contributed by atoms with Crippen molar-refractivity contribution in [3.05, 3.63) is 18.0 Å². The molecule has 96 valence electrons. The highest BCUT2D eigenvalue weighted by Crippen LogP contribution is 2.33. The Morgan fingerprint density at radius 2 is 2.24 bits per heavy atom. The van der Waals surface area contributed by atoms with Crippen LogP contribution in [-0.2, 0) is 6.18 Å². The number of nitrogens with zero attached hydrogens (tertiary/aromatic N) is 2. The Balaban J connectivity index is 2.02. The van der Waals surface area contributed by atoms with Crippen molar-refractivity contribution in [2.45, 2.75) is 44.4 Å². The minimum Gasteiger partial charge on any atom is -0.314 e. The van der Waals surface area contributed by atoms with E-state index < -0.39 is 11.7 Å². The van der Waals surface area contributed by atoms with Crippen molar-refractivity contribution in [2.24, 2.45) is 0 Å². The molecule has 17 heavy (non-hydrogen) atoms. The Bertz CT molecular complexity index is 372. The molecule has 0 amide bonds. The van der Waals surface area contributed by atoms with Crippen LogP contribution in [0.25, 0.3) is 0 Å². The van der Waals surface area contributed by atoms with Gasteiger partial charge in [0, 0.05) is 12.2 Å². The smallest absolute Gasteiger partial charge is 0.314 e. The minimum absolute atomic E-state index is 0.0927. The summed E-state index contributed by atoms with van der Waals surface area (Å²) in [6, 6.07) is 0.499. The molecule has 0 aromatic carbocycles. The Kier molecular flexibility index (Phi) is 3.42. The van der Waals surface area contributed by atoms with E-state index >= 15 is 0 Å². The topological polar surface area (TPSA) is 29.9 Å². The van der Waals surface area contributed by atoms with E-state index in [2.05, 4.69) is 10.4 Å². The molecule has 1 aliphatic carbocycles. The summed E-state index contributed by atoms with van der Waals surface area (Å²) in [6.45, 7) is 2.92. The highest BCUT2D eigenvalue weighted by atomic mass is 19.4. The molecule has 0 bridgehead atoms. The number of alkyl halides is 3. The van der Waals surface area contributed by atoms with Crippen molar-refractivity contribution in [2.75, 3.05) is 6.54 Å². The zero-order valence-electron chi connectivity index (χ0n) is 9.67. The molecule has 2 rings (SSSR count). The van der Waals surface area contributed by atoms with Crippen LogP contribution >= 0.6 is 0 Å². The molecular formula is C11H16F3N3. The van der Waals surface area contributed by atoms with Gasteiger partial charge in [0.05, 0.1) is 17.8 Å². The molecule has 1 aromatic heterocycles. The molecule has 1 saturated carbocycles. The minimum atomic E-state index is -4.29. The summed E-state index contributed by atoms with van der Waals surface area (Å²) in [6.07, 6.45) is 0.459. The Morgan fingerprint density at radius 1 is 1.47 bits per heavy atom. The van der Waals surface area contributed by atoms with Gasteiger partial charge < -0.3 is 5.32 Å². The second kappa shape index (κ2) is 4.68. The van der Waals surface area contributed by atoms with E-state index in [1.54, 1.807) is 0 Å². The summed E-state index contributed by atoms with van der Waals surface area (Å²) in [5, 5.41) is 7.15. The lowest BCUT2D eigenvalue weighted by Crippen LogP contribution is -2.26. The molecule has 1 aromatic rings. The van der Waals surface area contributed by atoms with E-state index in [1.165, 1.54) is 4.68 Å². The first-order valence-electron chi connectivity index (χ1n) is 5.85. The van der Waals surface area contributed by atoms with E-state index in [4.69, 9.17) is 0 Å². The molecule has 6 heteroatoms. The number of halogens is 3. The van der Waals surface area contributed by atoms with E-state index in [1.807, 2.05) is 6.92 Å². The summed E-state index contributed by atoms with van der Waals surface area (Å²) >= 11 is 0. The zero-order valence-corrected chi connectivity index (χ0v) is 9.67. The van der Waals surface area contributed by atoms with Crippen LogP contribution in [0.4, 0.5) is 13.2 Å². The molecule has 2 unspecified atom stereocenters. The van der Waals surface area contributed by atoms with Crippen LogP contribution in [0.5, 0.6) is 0 Å². The third-order valence-electron chi connectivity index (χ3n) is 3.20. The maximum atomic E-state index is 12.4. The van der Waals surface area contributed by atoms with Crippen LogP contribution in [0, 0.1) is 0 Å². The van der Waals surface area contributed by atoms with Gasteiger partial charge in [-0.1, -0.05) is 6.92 Å². The maximum absolute atomic E-state index is 12.4. The highest BCUT2D eigenvalue weighted by Gasteiger charge is 2.34. The highest BCUT2D eigenvalue weighted by molar-refractivity contribution is 5.09. The van der Waals surface area contributed by atoms with Crippen LogP contribution in [0.15, 0.2) is 12.4 Å². The van der Waals surface area contributed by atoms with E-state index in [9.17, 15) is 13.2 Å². The molecule has 1 aliphatic rings. The number of rotatable bonds is 3. The lowest BCUT2D eigenvalue weighted by Gasteiger charge is -2.12. The number of aromatic nitrogens is 2. The predicted molar refractivity (Wildman–Crippen MR) is 57.6 cm³/mol. The van der Waals surface area contributed by atoms with Gasteiger partial charge in [-0.25, -0.2) is 0 Å². The number of hydrogen-bond donors (Lipinski definition) is 1. The van der Waals surface area contributed by atoms with Crippen molar-refractivity contribution >= 4 is 0 Å². The third kappa shape index (κ3) is 2.80. The number of hydrogen-bond acceptors (Lipinski definition) is 2. The SMILES string of the molecule is CCNC1CCC(n2cc(C(F)(F)F)cn2)C1. The fraction of sp³-hybridized carbons (Fsp3) is 0.727. The van der Waals surface area contributed by atoms with Gasteiger partial charge in [0.15, 0.2) is 0 Å². The summed E-state index contributed by atoms with van der Waals surface area (Å²) in [5.41, 5.74) is -0.663. The van der Waals surface area contributed by atoms with Gasteiger partial charge in [-0.2, -0.15) is 18.3 Å². The van der Waals surface area contributed by atoms with Crippen molar-refractivity contribution in [3.63, 3.8) is 0 Å². The lowest BCUT2D eigenvalue weighted by molar-refractivity contribution is -0.137. The monoisotopic (exact) mass is 247 g/mol. The first-order valence-corrected chi connectivity index (χ1v) is 5.85. The molecule has 1 fully saturated rings. The standard InChI is InChI=1S/C11H16F3N3/c1-2-15-9-3-4-10(5-9)17-7-8(6-16-17)11(12,13)14/h6-7,9-10,15H,2-5H2,1H3. The first kappa shape index (κ1) is 12.4. The second-order valence-electron chi connectivity index (χ2n) is 4.43. The van der Waals surface area contributed by atoms with Crippen molar-refractivity contribution in [1.82, 2.24) is 15.1 Å². The predicted octanol–water partition coefficient (Wildman–Crippen LogP) is 2.61. The van der Waals surface area contributed by atoms with Crippen molar-refractivity contribution < 1.29 is 13.2 Å². The molecule has 1 heterocycles. The normalized spacial score (nSPS) is 25.4. The first-order chi connectivity index (χ1) is 8.00. The van der Waals surface area contributed by atoms with Crippen molar-refractivity contribution in [3.8, 4) is 0 Å². The van der Waals surface area contributed by atoms with Crippen LogP contribution in [0.3, 0.4) is 0 Å². The van der Waals surface area contributed by atoms with E-state index in [0.29, 0.717) is 6.04 Å². The van der Waals surface area contributed by atoms with Crippen LogP contribution < -0.4 is 5.32 Å². The summed E-state index contributed by atoms with van der Waals surface area (Å²) in [7, 11) is 0. The second-order valence-corrected chi connectivity index (χ2v) is 4.43. The molecular weight excluding hydrogens is 231 g/mol. The Labute approximate surface area is 98.0 Å². The van der Waals surface area contributed by atoms with Gasteiger partial charge in [-0.15, -0.1) is 0 Å². The van der Waals surface area contributed by atoms with Gasteiger partial charge in [0.25, 0.3) is 0 Å². The molecule has 1 N–H and O–H groups in total. The zero-order chi connectivity index (χ0) is 12.5. The molecule has 0 radical (unpaired) electrons. The lowest BCUT2D eigenvalue weighted by atomic mass is 10.2. The average molecular weight is 247 g/mol.